The maximum atomic E-state index is 6.38. The minimum Gasteiger partial charge on any atom is -0.456 e. The van der Waals surface area contributed by atoms with Crippen LogP contribution in [-0.4, -0.2) is 32.2 Å². The van der Waals surface area contributed by atoms with Crippen LogP contribution < -0.4 is 20.7 Å². The van der Waals surface area contributed by atoms with Crippen LogP contribution in [0.5, 0.6) is 0 Å². The SMILES string of the molecule is c1ccc(-c2nc(-c3ccc([Si](c4ccccc4)(c4ccccc4)c4ccc5oc6ccccc6c5c4)cc3)nc(-n3c4ccccc4c4ccc5c(c6ccccc6n5-c5ccccc5)c43)n2)cc1. The van der Waals surface area contributed by atoms with E-state index in [2.05, 4.69) is 234 Å². The molecule has 0 unspecified atom stereocenters. The molecule has 0 aliphatic rings. The second-order valence-electron chi connectivity index (χ2n) is 17.9. The molecular weight excluding hydrogens is 871 g/mol. The Kier molecular flexibility index (Phi) is 9.12. The van der Waals surface area contributed by atoms with Gasteiger partial charge in [-0.2, -0.15) is 9.97 Å². The van der Waals surface area contributed by atoms with Gasteiger partial charge in [0.05, 0.1) is 22.1 Å². The summed E-state index contributed by atoms with van der Waals surface area (Å²) >= 11 is 0. The molecule has 7 heteroatoms. The van der Waals surface area contributed by atoms with E-state index in [4.69, 9.17) is 19.4 Å². The van der Waals surface area contributed by atoms with Gasteiger partial charge in [-0.1, -0.05) is 206 Å². The number of aromatic nitrogens is 5. The number of furan rings is 1. The molecule has 0 N–H and O–H groups in total. The Morgan fingerprint density at radius 3 is 1.53 bits per heavy atom. The topological polar surface area (TPSA) is 61.7 Å². The van der Waals surface area contributed by atoms with Gasteiger partial charge in [0.25, 0.3) is 0 Å². The summed E-state index contributed by atoms with van der Waals surface area (Å²) in [6.07, 6.45) is 0. The van der Waals surface area contributed by atoms with Crippen LogP contribution in [0.2, 0.25) is 0 Å². The van der Waals surface area contributed by atoms with E-state index < -0.39 is 8.07 Å². The fourth-order valence-corrected chi connectivity index (χ4v) is 15.8. The van der Waals surface area contributed by atoms with Crippen molar-refractivity contribution in [2.24, 2.45) is 0 Å². The van der Waals surface area contributed by atoms with Crippen LogP contribution in [0.3, 0.4) is 0 Å². The van der Waals surface area contributed by atoms with Gasteiger partial charge in [-0.15, -0.1) is 0 Å². The lowest BCUT2D eigenvalue weighted by Crippen LogP contribution is -2.74. The normalized spacial score (nSPS) is 12.0. The number of rotatable bonds is 8. The predicted octanol–water partition coefficient (Wildman–Crippen LogP) is 12.7. The molecule has 0 saturated carbocycles. The molecule has 14 rings (SSSR count). The van der Waals surface area contributed by atoms with Gasteiger partial charge >= 0.3 is 0 Å². The van der Waals surface area contributed by atoms with Crippen molar-refractivity contribution in [3.8, 4) is 34.4 Å². The molecule has 0 amide bonds. The Balaban J connectivity index is 1.01. The van der Waals surface area contributed by atoms with Crippen molar-refractivity contribution in [1.29, 1.82) is 0 Å². The largest absolute Gasteiger partial charge is 0.456 e. The third-order valence-electron chi connectivity index (χ3n) is 14.1. The quantitative estimate of drug-likeness (QED) is 0.113. The predicted molar refractivity (Wildman–Crippen MR) is 290 cm³/mol. The van der Waals surface area contributed by atoms with E-state index in [1.807, 2.05) is 24.3 Å². The molecule has 10 aromatic carbocycles. The fourth-order valence-electron chi connectivity index (χ4n) is 11.1. The Morgan fingerprint density at radius 2 is 0.843 bits per heavy atom. The second-order valence-corrected chi connectivity index (χ2v) is 21.7. The highest BCUT2D eigenvalue weighted by Gasteiger charge is 2.42. The summed E-state index contributed by atoms with van der Waals surface area (Å²) in [7, 11) is -2.95. The first-order chi connectivity index (χ1) is 34.7. The molecule has 0 aliphatic carbocycles. The third-order valence-corrected chi connectivity index (χ3v) is 18.9. The molecule has 0 spiro atoms. The summed E-state index contributed by atoms with van der Waals surface area (Å²) in [5.41, 5.74) is 9.03. The van der Waals surface area contributed by atoms with Gasteiger partial charge in [0.1, 0.15) is 11.2 Å². The first kappa shape index (κ1) is 39.9. The van der Waals surface area contributed by atoms with Gasteiger partial charge in [0, 0.05) is 49.1 Å². The number of hydrogen-bond acceptors (Lipinski definition) is 4. The molecular formula is C63H41N5OSi. The molecule has 4 aromatic heterocycles. The van der Waals surface area contributed by atoms with Crippen LogP contribution in [0.15, 0.2) is 253 Å². The number of hydrogen-bond donors (Lipinski definition) is 0. The fraction of sp³-hybridized carbons (Fsp3) is 0. The molecule has 6 nitrogen and oxygen atoms in total. The van der Waals surface area contributed by atoms with E-state index >= 15 is 0 Å². The van der Waals surface area contributed by atoms with Gasteiger partial charge in [0.2, 0.25) is 5.95 Å². The smallest absolute Gasteiger partial charge is 0.238 e. The minimum absolute atomic E-state index is 0.557. The van der Waals surface area contributed by atoms with Crippen molar-refractivity contribution in [3.05, 3.63) is 249 Å². The van der Waals surface area contributed by atoms with E-state index in [0.717, 1.165) is 82.4 Å². The van der Waals surface area contributed by atoms with Gasteiger partial charge in [-0.05, 0) is 63.2 Å². The second kappa shape index (κ2) is 16.0. The molecule has 4 heterocycles. The average Bonchev–Trinajstić information content (AvgIpc) is 4.10. The Morgan fingerprint density at radius 1 is 0.329 bits per heavy atom. The highest BCUT2D eigenvalue weighted by atomic mass is 28.3. The number of benzene rings is 10. The molecule has 70 heavy (non-hydrogen) atoms. The Labute approximate surface area is 404 Å². The highest BCUT2D eigenvalue weighted by Crippen LogP contribution is 2.42. The Bertz CT molecular complexity index is 4240. The van der Waals surface area contributed by atoms with Crippen LogP contribution in [0.1, 0.15) is 0 Å². The van der Waals surface area contributed by atoms with E-state index in [0.29, 0.717) is 17.6 Å². The summed E-state index contributed by atoms with van der Waals surface area (Å²) in [6, 6.07) is 89.0. The van der Waals surface area contributed by atoms with Gasteiger partial charge in [-0.25, -0.2) is 4.98 Å². The third kappa shape index (κ3) is 6.08. The van der Waals surface area contributed by atoms with Crippen LogP contribution >= 0.6 is 0 Å². The zero-order valence-electron chi connectivity index (χ0n) is 37.8. The molecule has 328 valence electrons. The molecule has 0 fully saturated rings. The lowest BCUT2D eigenvalue weighted by Gasteiger charge is -2.34. The average molecular weight is 912 g/mol. The zero-order valence-corrected chi connectivity index (χ0v) is 38.8. The zero-order chi connectivity index (χ0) is 46.2. The van der Waals surface area contributed by atoms with Crippen molar-refractivity contribution in [3.63, 3.8) is 0 Å². The summed E-state index contributed by atoms with van der Waals surface area (Å²) in [6.45, 7) is 0. The van der Waals surface area contributed by atoms with Gasteiger partial charge in [0.15, 0.2) is 19.7 Å². The maximum absolute atomic E-state index is 6.38. The van der Waals surface area contributed by atoms with E-state index in [1.54, 1.807) is 0 Å². The first-order valence-corrected chi connectivity index (χ1v) is 25.7. The van der Waals surface area contributed by atoms with Crippen LogP contribution in [0.25, 0.3) is 100.0 Å². The van der Waals surface area contributed by atoms with Crippen molar-refractivity contribution < 1.29 is 4.42 Å². The highest BCUT2D eigenvalue weighted by molar-refractivity contribution is 7.20. The van der Waals surface area contributed by atoms with Gasteiger partial charge < -0.3 is 8.98 Å². The lowest BCUT2D eigenvalue weighted by molar-refractivity contribution is 0.669. The number of nitrogens with zero attached hydrogens (tertiary/aromatic N) is 5. The summed E-state index contributed by atoms with van der Waals surface area (Å²) in [5.74, 6) is 1.76. The van der Waals surface area contributed by atoms with E-state index in [1.165, 1.54) is 20.7 Å². The molecule has 0 aliphatic heterocycles. The molecule has 0 atom stereocenters. The number of fused-ring (bicyclic) bond motifs is 10. The Hall–Kier alpha value is -9.17. The number of para-hydroxylation sites is 4. The molecule has 0 radical (unpaired) electrons. The van der Waals surface area contributed by atoms with Gasteiger partial charge in [-0.3, -0.25) is 4.57 Å². The van der Waals surface area contributed by atoms with Crippen molar-refractivity contribution in [2.75, 3.05) is 0 Å². The molecule has 14 aromatic rings. The maximum Gasteiger partial charge on any atom is 0.238 e. The molecule has 0 bridgehead atoms. The van der Waals surface area contributed by atoms with Crippen molar-refractivity contribution in [1.82, 2.24) is 24.1 Å². The van der Waals surface area contributed by atoms with Crippen molar-refractivity contribution >= 4 is 94.4 Å². The van der Waals surface area contributed by atoms with Crippen LogP contribution in [0.4, 0.5) is 0 Å². The van der Waals surface area contributed by atoms with E-state index in [-0.39, 0.29) is 0 Å². The minimum atomic E-state index is -2.95. The molecule has 0 saturated heterocycles. The summed E-state index contributed by atoms with van der Waals surface area (Å²) in [5, 5.41) is 11.9. The summed E-state index contributed by atoms with van der Waals surface area (Å²) < 4.78 is 11.0. The van der Waals surface area contributed by atoms with Crippen LogP contribution in [-0.2, 0) is 0 Å². The standard InChI is InChI=1S/C63H41N5OSi/c1-5-19-42(20-6-1)61-64-62(66-63(65-61)68-54-30-16-13-27-49(54)51-38-39-56-59(60(51)68)52-29-14-17-31-55(52)67(56)44-21-7-2-8-22-44)43-33-35-47(36-34-43)70(45-23-9-3-10-24-45,46-25-11-4-12-26-46)48-37-40-58-53(41-48)50-28-15-18-32-57(50)69-58/h1-41H. The van der Waals surface area contributed by atoms with Crippen molar-refractivity contribution in [2.45, 2.75) is 0 Å². The van der Waals surface area contributed by atoms with Crippen LogP contribution in [0, 0.1) is 0 Å². The lowest BCUT2D eigenvalue weighted by atomic mass is 10.1. The monoisotopic (exact) mass is 911 g/mol. The first-order valence-electron chi connectivity index (χ1n) is 23.7. The van der Waals surface area contributed by atoms with E-state index in [9.17, 15) is 0 Å². The summed E-state index contributed by atoms with van der Waals surface area (Å²) in [4.78, 5) is 16.1.